The number of esters is 1. The van der Waals surface area contributed by atoms with Gasteiger partial charge in [0.15, 0.2) is 0 Å². The Morgan fingerprint density at radius 3 is 2.60 bits per heavy atom. The van der Waals surface area contributed by atoms with E-state index >= 15 is 0 Å². The average Bonchev–Trinajstić information content (AvgIpc) is 2.39. The molecular formula is C9H14N2O4. The van der Waals surface area contributed by atoms with Crippen LogP contribution < -0.4 is 0 Å². The van der Waals surface area contributed by atoms with Crippen molar-refractivity contribution in [1.29, 1.82) is 0 Å². The summed E-state index contributed by atoms with van der Waals surface area (Å²) in [5, 5.41) is 0. The van der Waals surface area contributed by atoms with Crippen LogP contribution in [0.15, 0.2) is 0 Å². The van der Waals surface area contributed by atoms with Crippen LogP contribution in [0.4, 0.5) is 0 Å². The number of nitrogens with zero attached hydrogens (tertiary/aromatic N) is 2. The van der Waals surface area contributed by atoms with E-state index in [4.69, 9.17) is 0 Å². The van der Waals surface area contributed by atoms with Gasteiger partial charge in [-0.25, -0.2) is 4.79 Å². The zero-order valence-corrected chi connectivity index (χ0v) is 8.86. The van der Waals surface area contributed by atoms with Crippen LogP contribution in [0.1, 0.15) is 6.42 Å². The summed E-state index contributed by atoms with van der Waals surface area (Å²) >= 11 is 0. The standard InChI is InChI=1S/C9H14N2O4/c1-10-4-3-5-11(6-7(10)12)8(13)9(14)15-2/h3-6H2,1-2H3. The molecule has 6 nitrogen and oxygen atoms in total. The van der Waals surface area contributed by atoms with Gasteiger partial charge in [0.2, 0.25) is 5.91 Å². The van der Waals surface area contributed by atoms with Gasteiger partial charge in [-0.05, 0) is 6.42 Å². The Labute approximate surface area is 87.8 Å². The van der Waals surface area contributed by atoms with Gasteiger partial charge in [-0.1, -0.05) is 0 Å². The number of rotatable bonds is 0. The molecule has 0 atom stereocenters. The van der Waals surface area contributed by atoms with Gasteiger partial charge in [0, 0.05) is 20.1 Å². The summed E-state index contributed by atoms with van der Waals surface area (Å²) < 4.78 is 4.31. The van der Waals surface area contributed by atoms with Crippen molar-refractivity contribution in [3.8, 4) is 0 Å². The zero-order valence-electron chi connectivity index (χ0n) is 8.86. The van der Waals surface area contributed by atoms with Gasteiger partial charge < -0.3 is 14.5 Å². The van der Waals surface area contributed by atoms with Gasteiger partial charge in [-0.15, -0.1) is 0 Å². The molecule has 0 N–H and O–H groups in total. The molecule has 1 aliphatic heterocycles. The summed E-state index contributed by atoms with van der Waals surface area (Å²) in [6, 6.07) is 0. The second-order valence-electron chi connectivity index (χ2n) is 3.39. The normalized spacial score (nSPS) is 17.3. The summed E-state index contributed by atoms with van der Waals surface area (Å²) in [5.74, 6) is -1.83. The quantitative estimate of drug-likeness (QED) is 0.377. The fraction of sp³-hybridized carbons (Fsp3) is 0.667. The number of hydrogen-bond acceptors (Lipinski definition) is 4. The number of likely N-dealkylation sites (N-methyl/N-ethyl adjacent to an activating group) is 1. The van der Waals surface area contributed by atoms with E-state index in [1.807, 2.05) is 0 Å². The maximum Gasteiger partial charge on any atom is 0.396 e. The largest absolute Gasteiger partial charge is 0.462 e. The van der Waals surface area contributed by atoms with Crippen molar-refractivity contribution >= 4 is 17.8 Å². The van der Waals surface area contributed by atoms with E-state index in [1.165, 1.54) is 4.90 Å². The SMILES string of the molecule is COC(=O)C(=O)N1CCCN(C)C(=O)C1. The highest BCUT2D eigenvalue weighted by Crippen LogP contribution is 2.03. The number of ether oxygens (including phenoxy) is 1. The summed E-state index contributed by atoms with van der Waals surface area (Å²) in [7, 11) is 2.82. The Bertz CT molecular complexity index is 290. The van der Waals surface area contributed by atoms with Gasteiger partial charge in [-0.3, -0.25) is 9.59 Å². The zero-order chi connectivity index (χ0) is 11.4. The fourth-order valence-corrected chi connectivity index (χ4v) is 1.38. The Morgan fingerprint density at radius 1 is 1.33 bits per heavy atom. The highest BCUT2D eigenvalue weighted by atomic mass is 16.5. The molecule has 1 fully saturated rings. The number of carbonyl (C=O) groups is 3. The van der Waals surface area contributed by atoms with Gasteiger partial charge in [0.05, 0.1) is 7.11 Å². The molecule has 1 aliphatic rings. The lowest BCUT2D eigenvalue weighted by Gasteiger charge is -2.17. The lowest BCUT2D eigenvalue weighted by Crippen LogP contribution is -2.41. The highest BCUT2D eigenvalue weighted by Gasteiger charge is 2.27. The molecule has 6 heteroatoms. The van der Waals surface area contributed by atoms with Crippen molar-refractivity contribution in [3.05, 3.63) is 0 Å². The molecule has 0 radical (unpaired) electrons. The Hall–Kier alpha value is -1.59. The van der Waals surface area contributed by atoms with E-state index in [-0.39, 0.29) is 12.5 Å². The summed E-state index contributed by atoms with van der Waals surface area (Å²) in [4.78, 5) is 36.6. The van der Waals surface area contributed by atoms with Crippen LogP contribution in [0.2, 0.25) is 0 Å². The molecule has 0 spiro atoms. The minimum absolute atomic E-state index is 0.0512. The third-order valence-corrected chi connectivity index (χ3v) is 2.32. The molecule has 1 heterocycles. The van der Waals surface area contributed by atoms with E-state index in [1.54, 1.807) is 11.9 Å². The number of amides is 2. The van der Waals surface area contributed by atoms with Gasteiger partial charge in [-0.2, -0.15) is 0 Å². The molecule has 0 aromatic rings. The van der Waals surface area contributed by atoms with Crippen LogP contribution in [0, 0.1) is 0 Å². The molecule has 2 amide bonds. The molecule has 1 rings (SSSR count). The highest BCUT2D eigenvalue weighted by molar-refractivity contribution is 6.32. The van der Waals surface area contributed by atoms with Crippen molar-refractivity contribution in [1.82, 2.24) is 9.80 Å². The molecule has 0 bridgehead atoms. The van der Waals surface area contributed by atoms with Crippen LogP contribution in [-0.2, 0) is 19.1 Å². The first kappa shape index (κ1) is 11.5. The summed E-state index contributed by atoms with van der Waals surface area (Å²) in [6.07, 6.45) is 0.672. The lowest BCUT2D eigenvalue weighted by atomic mass is 10.4. The number of carbonyl (C=O) groups excluding carboxylic acids is 3. The van der Waals surface area contributed by atoms with Crippen LogP contribution in [-0.4, -0.2) is 61.4 Å². The Morgan fingerprint density at radius 2 is 2.00 bits per heavy atom. The molecular weight excluding hydrogens is 200 g/mol. The smallest absolute Gasteiger partial charge is 0.396 e. The summed E-state index contributed by atoms with van der Waals surface area (Å²) in [5.41, 5.74) is 0. The van der Waals surface area contributed by atoms with E-state index < -0.39 is 11.9 Å². The molecule has 0 unspecified atom stereocenters. The maximum atomic E-state index is 11.4. The molecule has 0 saturated carbocycles. The van der Waals surface area contributed by atoms with Crippen LogP contribution in [0.25, 0.3) is 0 Å². The van der Waals surface area contributed by atoms with Crippen LogP contribution in [0.5, 0.6) is 0 Å². The van der Waals surface area contributed by atoms with Gasteiger partial charge >= 0.3 is 11.9 Å². The van der Waals surface area contributed by atoms with Crippen molar-refractivity contribution in [3.63, 3.8) is 0 Å². The van der Waals surface area contributed by atoms with Crippen molar-refractivity contribution in [2.24, 2.45) is 0 Å². The monoisotopic (exact) mass is 214 g/mol. The minimum atomic E-state index is -0.924. The van der Waals surface area contributed by atoms with E-state index in [0.29, 0.717) is 19.5 Å². The molecule has 0 aromatic heterocycles. The predicted octanol–water partition coefficient (Wildman–Crippen LogP) is -1.15. The second-order valence-corrected chi connectivity index (χ2v) is 3.39. The molecule has 84 valence electrons. The second kappa shape index (κ2) is 4.77. The van der Waals surface area contributed by atoms with Gasteiger partial charge in [0.1, 0.15) is 6.54 Å². The first-order valence-corrected chi connectivity index (χ1v) is 4.67. The molecule has 0 aliphatic carbocycles. The Balaban J connectivity index is 2.66. The number of methoxy groups -OCH3 is 1. The average molecular weight is 214 g/mol. The summed E-state index contributed by atoms with van der Waals surface area (Å²) in [6.45, 7) is 0.957. The molecule has 15 heavy (non-hydrogen) atoms. The van der Waals surface area contributed by atoms with E-state index in [2.05, 4.69) is 4.74 Å². The molecule has 1 saturated heterocycles. The van der Waals surface area contributed by atoms with Crippen molar-refractivity contribution in [2.45, 2.75) is 6.42 Å². The Kier molecular flexibility index (Phi) is 3.65. The van der Waals surface area contributed by atoms with Crippen LogP contribution >= 0.6 is 0 Å². The first-order chi connectivity index (χ1) is 7.06. The number of hydrogen-bond donors (Lipinski definition) is 0. The fourth-order valence-electron chi connectivity index (χ4n) is 1.38. The maximum absolute atomic E-state index is 11.4. The third-order valence-electron chi connectivity index (χ3n) is 2.32. The van der Waals surface area contributed by atoms with Gasteiger partial charge in [0.25, 0.3) is 0 Å². The van der Waals surface area contributed by atoms with Crippen molar-refractivity contribution < 1.29 is 19.1 Å². The van der Waals surface area contributed by atoms with Crippen molar-refractivity contribution in [2.75, 3.05) is 33.8 Å². The van der Waals surface area contributed by atoms with E-state index in [9.17, 15) is 14.4 Å². The van der Waals surface area contributed by atoms with Crippen LogP contribution in [0.3, 0.4) is 0 Å². The minimum Gasteiger partial charge on any atom is -0.462 e. The first-order valence-electron chi connectivity index (χ1n) is 4.67. The lowest BCUT2D eigenvalue weighted by molar-refractivity contribution is -0.158. The molecule has 0 aromatic carbocycles. The van der Waals surface area contributed by atoms with E-state index in [0.717, 1.165) is 7.11 Å². The third kappa shape index (κ3) is 2.68. The predicted molar refractivity (Wildman–Crippen MR) is 50.9 cm³/mol. The topological polar surface area (TPSA) is 66.9 Å².